The Morgan fingerprint density at radius 1 is 1.31 bits per heavy atom. The van der Waals surface area contributed by atoms with Crippen molar-refractivity contribution in [3.63, 3.8) is 0 Å². The Kier molecular flexibility index (Phi) is 3.85. The minimum atomic E-state index is -0.452. The van der Waals surface area contributed by atoms with Gasteiger partial charge >= 0.3 is 5.97 Å². The number of hydrazone groups is 1. The molecule has 0 fully saturated rings. The summed E-state index contributed by atoms with van der Waals surface area (Å²) in [5.41, 5.74) is 4.75. The summed E-state index contributed by atoms with van der Waals surface area (Å²) < 4.78 is 5.19. The standard InChI is InChI=1S/C18H15N5O3/c1-2-26-18(25)14-10-5-3-4-6-12(10)21-13(14)9-11-15(22-23-17(11)24)16-19-7-8-20-16/h3-9,21H,2H2,1H3,(H,19,20)(H,23,24)/b11-9-. The van der Waals surface area contributed by atoms with E-state index >= 15 is 0 Å². The molecule has 1 aliphatic heterocycles. The van der Waals surface area contributed by atoms with E-state index in [1.54, 1.807) is 25.4 Å². The Bertz CT molecular complexity index is 1060. The van der Waals surface area contributed by atoms with Crippen molar-refractivity contribution < 1.29 is 14.3 Å². The van der Waals surface area contributed by atoms with E-state index in [0.29, 0.717) is 28.4 Å². The molecule has 0 saturated heterocycles. The van der Waals surface area contributed by atoms with Crippen molar-refractivity contribution in [2.75, 3.05) is 6.61 Å². The fourth-order valence-corrected chi connectivity index (χ4v) is 2.88. The maximum atomic E-state index is 12.5. The largest absolute Gasteiger partial charge is 0.462 e. The highest BCUT2D eigenvalue weighted by molar-refractivity contribution is 6.32. The number of imidazole rings is 1. The molecule has 0 spiro atoms. The van der Waals surface area contributed by atoms with Crippen molar-refractivity contribution in [3.8, 4) is 0 Å². The molecule has 1 aromatic carbocycles. The molecular formula is C18H15N5O3. The zero-order valence-electron chi connectivity index (χ0n) is 13.9. The second kappa shape index (κ2) is 6.32. The minimum Gasteiger partial charge on any atom is -0.462 e. The maximum Gasteiger partial charge on any atom is 0.340 e. The number of carbonyl (C=O) groups excluding carboxylic acids is 2. The Labute approximate surface area is 148 Å². The average Bonchev–Trinajstić information content (AvgIpc) is 3.35. The van der Waals surface area contributed by atoms with Gasteiger partial charge in [-0.05, 0) is 19.1 Å². The molecule has 1 amide bonds. The van der Waals surface area contributed by atoms with Crippen molar-refractivity contribution in [2.45, 2.75) is 6.92 Å². The summed E-state index contributed by atoms with van der Waals surface area (Å²) in [6, 6.07) is 7.39. The van der Waals surface area contributed by atoms with Crippen LogP contribution in [0.3, 0.4) is 0 Å². The molecule has 2 aromatic heterocycles. The summed E-state index contributed by atoms with van der Waals surface area (Å²) in [4.78, 5) is 35.0. The van der Waals surface area contributed by atoms with Crippen LogP contribution in [0.2, 0.25) is 0 Å². The number of nitrogens with zero attached hydrogens (tertiary/aromatic N) is 2. The fraction of sp³-hybridized carbons (Fsp3) is 0.111. The van der Waals surface area contributed by atoms with Crippen LogP contribution in [-0.2, 0) is 9.53 Å². The van der Waals surface area contributed by atoms with Gasteiger partial charge in [0.05, 0.1) is 23.4 Å². The summed E-state index contributed by atoms with van der Waals surface area (Å²) in [6.07, 6.45) is 4.81. The number of fused-ring (bicyclic) bond motifs is 1. The molecular weight excluding hydrogens is 334 g/mol. The molecule has 3 heterocycles. The van der Waals surface area contributed by atoms with E-state index in [2.05, 4.69) is 25.5 Å². The summed E-state index contributed by atoms with van der Waals surface area (Å²) >= 11 is 0. The third-order valence-electron chi connectivity index (χ3n) is 3.99. The number of amides is 1. The van der Waals surface area contributed by atoms with Gasteiger partial charge in [-0.3, -0.25) is 4.79 Å². The second-order valence-corrected chi connectivity index (χ2v) is 5.58. The van der Waals surface area contributed by atoms with Gasteiger partial charge in [0.25, 0.3) is 5.91 Å². The van der Waals surface area contributed by atoms with Crippen molar-refractivity contribution in [3.05, 3.63) is 59.3 Å². The van der Waals surface area contributed by atoms with E-state index in [1.165, 1.54) is 0 Å². The Morgan fingerprint density at radius 2 is 2.15 bits per heavy atom. The van der Waals surface area contributed by atoms with E-state index in [4.69, 9.17) is 4.74 Å². The zero-order chi connectivity index (χ0) is 18.1. The van der Waals surface area contributed by atoms with Crippen LogP contribution in [0.1, 0.15) is 28.8 Å². The van der Waals surface area contributed by atoms with Gasteiger partial charge in [-0.15, -0.1) is 0 Å². The molecule has 0 atom stereocenters. The molecule has 8 heteroatoms. The van der Waals surface area contributed by atoms with E-state index in [1.807, 2.05) is 24.3 Å². The number of para-hydroxylation sites is 1. The van der Waals surface area contributed by atoms with E-state index in [-0.39, 0.29) is 12.5 Å². The molecule has 0 unspecified atom stereocenters. The monoisotopic (exact) mass is 349 g/mol. The van der Waals surface area contributed by atoms with Gasteiger partial charge in [0, 0.05) is 23.3 Å². The van der Waals surface area contributed by atoms with Crippen LogP contribution in [0.5, 0.6) is 0 Å². The lowest BCUT2D eigenvalue weighted by atomic mass is 10.1. The third-order valence-corrected chi connectivity index (χ3v) is 3.99. The number of aromatic nitrogens is 3. The lowest BCUT2D eigenvalue weighted by molar-refractivity contribution is -0.116. The van der Waals surface area contributed by atoms with Crippen LogP contribution in [0.25, 0.3) is 17.0 Å². The predicted molar refractivity (Wildman–Crippen MR) is 95.5 cm³/mol. The smallest absolute Gasteiger partial charge is 0.340 e. The lowest BCUT2D eigenvalue weighted by Gasteiger charge is -2.03. The predicted octanol–water partition coefficient (Wildman–Crippen LogP) is 1.99. The number of carbonyl (C=O) groups is 2. The quantitative estimate of drug-likeness (QED) is 0.494. The van der Waals surface area contributed by atoms with Crippen molar-refractivity contribution in [1.82, 2.24) is 20.4 Å². The number of benzene rings is 1. The van der Waals surface area contributed by atoms with Gasteiger partial charge in [0.1, 0.15) is 5.71 Å². The summed E-state index contributed by atoms with van der Waals surface area (Å²) in [6.45, 7) is 2.00. The third kappa shape index (κ3) is 2.57. The summed E-state index contributed by atoms with van der Waals surface area (Å²) in [5, 5.41) is 4.76. The van der Waals surface area contributed by atoms with Crippen LogP contribution < -0.4 is 5.43 Å². The molecule has 8 nitrogen and oxygen atoms in total. The molecule has 3 aromatic rings. The molecule has 1 aliphatic rings. The van der Waals surface area contributed by atoms with Crippen molar-refractivity contribution in [1.29, 1.82) is 0 Å². The van der Waals surface area contributed by atoms with Crippen LogP contribution in [0, 0.1) is 0 Å². The van der Waals surface area contributed by atoms with E-state index in [0.717, 1.165) is 10.9 Å². The van der Waals surface area contributed by atoms with Crippen LogP contribution in [0.4, 0.5) is 0 Å². The van der Waals surface area contributed by atoms with Gasteiger partial charge in [0.2, 0.25) is 0 Å². The number of H-pyrrole nitrogens is 2. The Morgan fingerprint density at radius 3 is 2.92 bits per heavy atom. The number of rotatable bonds is 4. The van der Waals surface area contributed by atoms with Crippen LogP contribution in [-0.4, -0.2) is 39.1 Å². The number of hydrogen-bond acceptors (Lipinski definition) is 5. The molecule has 0 saturated carbocycles. The molecule has 0 bridgehead atoms. The minimum absolute atomic E-state index is 0.258. The van der Waals surface area contributed by atoms with Crippen LogP contribution in [0.15, 0.2) is 47.3 Å². The second-order valence-electron chi connectivity index (χ2n) is 5.58. The highest BCUT2D eigenvalue weighted by Gasteiger charge is 2.27. The van der Waals surface area contributed by atoms with Gasteiger partial charge < -0.3 is 14.7 Å². The first-order valence-corrected chi connectivity index (χ1v) is 8.06. The summed E-state index contributed by atoms with van der Waals surface area (Å²) in [7, 11) is 0. The first kappa shape index (κ1) is 15.8. The average molecular weight is 349 g/mol. The Hall–Kier alpha value is -3.68. The SMILES string of the molecule is CCOC(=O)c1c(/C=C2\C(=O)NN=C2c2ncc[nH]2)[nH]c2ccccc12. The molecule has 0 radical (unpaired) electrons. The normalized spacial score (nSPS) is 15.3. The lowest BCUT2D eigenvalue weighted by Crippen LogP contribution is -2.14. The van der Waals surface area contributed by atoms with Crippen LogP contribution >= 0.6 is 0 Å². The van der Waals surface area contributed by atoms with Crippen molar-refractivity contribution >= 4 is 34.6 Å². The fourth-order valence-electron chi connectivity index (χ4n) is 2.88. The van der Waals surface area contributed by atoms with E-state index < -0.39 is 5.97 Å². The van der Waals surface area contributed by atoms with Gasteiger partial charge in [-0.25, -0.2) is 15.2 Å². The highest BCUT2D eigenvalue weighted by atomic mass is 16.5. The molecule has 4 rings (SSSR count). The topological polar surface area (TPSA) is 112 Å². The van der Waals surface area contributed by atoms with E-state index in [9.17, 15) is 9.59 Å². The van der Waals surface area contributed by atoms with Gasteiger partial charge in [-0.1, -0.05) is 18.2 Å². The number of hydrogen-bond donors (Lipinski definition) is 3. The summed E-state index contributed by atoms with van der Waals surface area (Å²) in [5.74, 6) is -0.361. The maximum absolute atomic E-state index is 12.5. The zero-order valence-corrected chi connectivity index (χ0v) is 13.9. The number of ether oxygens (including phenoxy) is 1. The first-order chi connectivity index (χ1) is 12.7. The van der Waals surface area contributed by atoms with Gasteiger partial charge in [0.15, 0.2) is 5.82 Å². The number of esters is 1. The molecule has 0 aliphatic carbocycles. The first-order valence-electron chi connectivity index (χ1n) is 8.06. The molecule has 130 valence electrons. The number of nitrogens with one attached hydrogen (secondary N) is 3. The number of aromatic amines is 2. The Balaban J connectivity index is 1.87. The van der Waals surface area contributed by atoms with Crippen molar-refractivity contribution in [2.24, 2.45) is 5.10 Å². The van der Waals surface area contributed by atoms with Gasteiger partial charge in [-0.2, -0.15) is 5.10 Å². The highest BCUT2D eigenvalue weighted by Crippen LogP contribution is 2.26. The molecule has 26 heavy (non-hydrogen) atoms. The molecule has 3 N–H and O–H groups in total.